The molecule has 2 N–H and O–H groups in total. The molecule has 0 fully saturated rings. The van der Waals surface area contributed by atoms with E-state index in [1.54, 1.807) is 16.8 Å². The smallest absolute Gasteiger partial charge is 0.319 e. The summed E-state index contributed by atoms with van der Waals surface area (Å²) < 4.78 is 41.4. The number of carbonyl (C=O) groups is 1. The molecule has 0 atom stereocenters. The van der Waals surface area contributed by atoms with Crippen LogP contribution in [-0.4, -0.2) is 54.4 Å². The van der Waals surface area contributed by atoms with Crippen LogP contribution in [0.1, 0.15) is 0 Å². The summed E-state index contributed by atoms with van der Waals surface area (Å²) in [5, 5.41) is 13.0. The molecule has 0 radical (unpaired) electrons. The lowest BCUT2D eigenvalue weighted by Crippen LogP contribution is -2.32. The van der Waals surface area contributed by atoms with Crippen LogP contribution in [0.15, 0.2) is 45.8 Å². The molecule has 0 aliphatic heterocycles. The summed E-state index contributed by atoms with van der Waals surface area (Å²) in [4.78, 5) is 12.1. The van der Waals surface area contributed by atoms with Crippen molar-refractivity contribution in [3.05, 3.63) is 46.7 Å². The molecule has 0 saturated carbocycles. The van der Waals surface area contributed by atoms with Crippen molar-refractivity contribution in [1.29, 1.82) is 0 Å². The highest BCUT2D eigenvalue weighted by molar-refractivity contribution is 9.10. The van der Waals surface area contributed by atoms with Crippen molar-refractivity contribution >= 4 is 48.7 Å². The van der Waals surface area contributed by atoms with Crippen molar-refractivity contribution in [2.24, 2.45) is 0 Å². The number of nitrogens with zero attached hydrogens (tertiary/aromatic N) is 4. The van der Waals surface area contributed by atoms with Gasteiger partial charge in [-0.2, -0.15) is 0 Å². The number of anilines is 1. The van der Waals surface area contributed by atoms with Crippen LogP contribution in [0.5, 0.6) is 0 Å². The van der Waals surface area contributed by atoms with Gasteiger partial charge in [0, 0.05) is 25.1 Å². The summed E-state index contributed by atoms with van der Waals surface area (Å²) >= 11 is 3.15. The average molecular weight is 485 g/mol. The predicted molar refractivity (Wildman–Crippen MR) is 110 cm³/mol. The van der Waals surface area contributed by atoms with Crippen LogP contribution in [0.25, 0.3) is 11.0 Å². The van der Waals surface area contributed by atoms with Gasteiger partial charge in [-0.3, -0.25) is 0 Å². The number of halogens is 2. The number of benzene rings is 2. The third kappa shape index (κ3) is 4.71. The van der Waals surface area contributed by atoms with E-state index >= 15 is 0 Å². The normalized spacial score (nSPS) is 11.8. The Morgan fingerprint density at radius 1 is 1.24 bits per heavy atom. The SMILES string of the molecule is CN(C)S(=O)(=O)c1ccc2c(c1)nnn2CCNC(=O)Nc1ccc(Br)cc1F. The number of amides is 2. The Kier molecular flexibility index (Phi) is 6.15. The zero-order chi connectivity index (χ0) is 21.2. The molecule has 0 unspecified atom stereocenters. The van der Waals surface area contributed by atoms with E-state index < -0.39 is 21.9 Å². The molecule has 0 spiro atoms. The van der Waals surface area contributed by atoms with E-state index in [0.717, 1.165) is 4.31 Å². The summed E-state index contributed by atoms with van der Waals surface area (Å²) in [5.41, 5.74) is 1.12. The number of hydrogen-bond donors (Lipinski definition) is 2. The number of rotatable bonds is 6. The molecule has 0 bridgehead atoms. The number of carbonyl (C=O) groups excluding carboxylic acids is 1. The second kappa shape index (κ2) is 8.43. The fraction of sp³-hybridized carbons (Fsp3) is 0.235. The highest BCUT2D eigenvalue weighted by Gasteiger charge is 2.18. The van der Waals surface area contributed by atoms with E-state index in [9.17, 15) is 17.6 Å². The minimum Gasteiger partial charge on any atom is -0.336 e. The molecule has 9 nitrogen and oxygen atoms in total. The van der Waals surface area contributed by atoms with Crippen molar-refractivity contribution in [1.82, 2.24) is 24.6 Å². The van der Waals surface area contributed by atoms with Gasteiger partial charge in [0.2, 0.25) is 10.0 Å². The van der Waals surface area contributed by atoms with Crippen LogP contribution >= 0.6 is 15.9 Å². The lowest BCUT2D eigenvalue weighted by Gasteiger charge is -2.11. The van der Waals surface area contributed by atoms with E-state index in [1.165, 1.54) is 38.4 Å². The molecule has 3 aromatic rings. The average Bonchev–Trinajstić information content (AvgIpc) is 3.06. The first-order chi connectivity index (χ1) is 13.7. The van der Waals surface area contributed by atoms with Gasteiger partial charge >= 0.3 is 6.03 Å². The fourth-order valence-corrected chi connectivity index (χ4v) is 3.78. The number of nitrogens with one attached hydrogen (secondary N) is 2. The molecule has 154 valence electrons. The number of sulfonamides is 1. The van der Waals surface area contributed by atoms with Gasteiger partial charge in [-0.1, -0.05) is 21.1 Å². The van der Waals surface area contributed by atoms with Gasteiger partial charge in [-0.05, 0) is 36.4 Å². The summed E-state index contributed by atoms with van der Waals surface area (Å²) in [6, 6.07) is 8.30. The Labute approximate surface area is 175 Å². The lowest BCUT2D eigenvalue weighted by atomic mass is 10.3. The monoisotopic (exact) mass is 484 g/mol. The number of fused-ring (bicyclic) bond motifs is 1. The largest absolute Gasteiger partial charge is 0.336 e. The summed E-state index contributed by atoms with van der Waals surface area (Å²) in [6.45, 7) is 0.507. The third-order valence-corrected chi connectivity index (χ3v) is 6.36. The van der Waals surface area contributed by atoms with Gasteiger partial charge in [0.25, 0.3) is 0 Å². The minimum atomic E-state index is -3.57. The molecule has 0 aliphatic carbocycles. The van der Waals surface area contributed by atoms with Crippen molar-refractivity contribution in [3.8, 4) is 0 Å². The van der Waals surface area contributed by atoms with Crippen molar-refractivity contribution in [3.63, 3.8) is 0 Å². The van der Waals surface area contributed by atoms with E-state index in [1.807, 2.05) is 0 Å². The van der Waals surface area contributed by atoms with E-state index in [-0.39, 0.29) is 17.1 Å². The van der Waals surface area contributed by atoms with Crippen molar-refractivity contribution in [2.45, 2.75) is 11.4 Å². The quantitative estimate of drug-likeness (QED) is 0.558. The summed E-state index contributed by atoms with van der Waals surface area (Å²) in [7, 11) is -0.663. The van der Waals surface area contributed by atoms with Gasteiger partial charge in [-0.25, -0.2) is 26.6 Å². The van der Waals surface area contributed by atoms with Crippen LogP contribution in [0.4, 0.5) is 14.9 Å². The standard InChI is InChI=1S/C17H18BrFN6O3S/c1-24(2)29(27,28)12-4-6-16-15(10-12)22-23-25(16)8-7-20-17(26)21-14-5-3-11(18)9-13(14)19/h3-6,9-10H,7-8H2,1-2H3,(H2,20,21,26). The lowest BCUT2D eigenvalue weighted by molar-refractivity contribution is 0.251. The van der Waals surface area contributed by atoms with Gasteiger partial charge in [0.15, 0.2) is 0 Å². The van der Waals surface area contributed by atoms with Crippen molar-refractivity contribution < 1.29 is 17.6 Å². The number of aromatic nitrogens is 3. The zero-order valence-electron chi connectivity index (χ0n) is 15.6. The van der Waals surface area contributed by atoms with Crippen LogP contribution in [-0.2, 0) is 16.6 Å². The van der Waals surface area contributed by atoms with Gasteiger partial charge in [0.1, 0.15) is 11.3 Å². The zero-order valence-corrected chi connectivity index (χ0v) is 18.0. The van der Waals surface area contributed by atoms with E-state index in [0.29, 0.717) is 22.1 Å². The second-order valence-corrected chi connectivity index (χ2v) is 9.32. The number of hydrogen-bond acceptors (Lipinski definition) is 5. The van der Waals surface area contributed by atoms with E-state index in [2.05, 4.69) is 36.9 Å². The highest BCUT2D eigenvalue weighted by atomic mass is 79.9. The first kappa shape index (κ1) is 21.1. The summed E-state index contributed by atoms with van der Waals surface area (Å²) in [6.07, 6.45) is 0. The van der Waals surface area contributed by atoms with Crippen LogP contribution in [0.3, 0.4) is 0 Å². The first-order valence-corrected chi connectivity index (χ1v) is 10.7. The molecule has 2 amide bonds. The van der Waals surface area contributed by atoms with Gasteiger partial charge in [0.05, 0.1) is 22.6 Å². The Bertz CT molecular complexity index is 1170. The first-order valence-electron chi connectivity index (χ1n) is 8.44. The molecule has 0 saturated heterocycles. The topological polar surface area (TPSA) is 109 Å². The molecule has 12 heteroatoms. The molecule has 2 aromatic carbocycles. The molecule has 0 aliphatic rings. The molecule has 29 heavy (non-hydrogen) atoms. The highest BCUT2D eigenvalue weighted by Crippen LogP contribution is 2.20. The number of urea groups is 1. The fourth-order valence-electron chi connectivity index (χ4n) is 2.52. The summed E-state index contributed by atoms with van der Waals surface area (Å²) in [5.74, 6) is -0.555. The van der Waals surface area contributed by atoms with Gasteiger partial charge < -0.3 is 10.6 Å². The van der Waals surface area contributed by atoms with Crippen LogP contribution in [0.2, 0.25) is 0 Å². The Balaban J connectivity index is 1.63. The molecule has 1 aromatic heterocycles. The molecular formula is C17H18BrFN6O3S. The molecule has 3 rings (SSSR count). The van der Waals surface area contributed by atoms with Gasteiger partial charge in [-0.15, -0.1) is 5.10 Å². The maximum atomic E-state index is 13.8. The third-order valence-electron chi connectivity index (χ3n) is 4.05. The Morgan fingerprint density at radius 2 is 2.00 bits per heavy atom. The minimum absolute atomic E-state index is 0.0616. The second-order valence-electron chi connectivity index (χ2n) is 6.26. The maximum Gasteiger partial charge on any atom is 0.319 e. The van der Waals surface area contributed by atoms with Crippen LogP contribution in [0, 0.1) is 5.82 Å². The van der Waals surface area contributed by atoms with Crippen molar-refractivity contribution in [2.75, 3.05) is 26.0 Å². The predicted octanol–water partition coefficient (Wildman–Crippen LogP) is 2.40. The van der Waals surface area contributed by atoms with E-state index in [4.69, 9.17) is 0 Å². The van der Waals surface area contributed by atoms with Crippen LogP contribution < -0.4 is 10.6 Å². The maximum absolute atomic E-state index is 13.8. The Hall–Kier alpha value is -2.57. The Morgan fingerprint density at radius 3 is 2.69 bits per heavy atom. The molecule has 1 heterocycles. The molecular weight excluding hydrogens is 467 g/mol.